The molecular formula is C6H13NS. The first-order valence-corrected chi connectivity index (χ1v) is 3.71. The maximum atomic E-state index is 5.72. The fraction of sp³-hybridized carbons (Fsp3) is 1.00. The normalized spacial score (nSPS) is 39.4. The zero-order valence-corrected chi connectivity index (χ0v) is 6.07. The molecule has 1 nitrogen and oxygen atoms in total. The van der Waals surface area contributed by atoms with E-state index in [0.717, 1.165) is 12.3 Å². The van der Waals surface area contributed by atoms with Crippen molar-refractivity contribution in [3.8, 4) is 0 Å². The highest BCUT2D eigenvalue weighted by Gasteiger charge is 2.37. The first-order valence-electron chi connectivity index (χ1n) is 3.19. The van der Waals surface area contributed by atoms with E-state index in [4.69, 9.17) is 5.73 Å². The lowest BCUT2D eigenvalue weighted by Gasteiger charge is -2.03. The van der Waals surface area contributed by atoms with Gasteiger partial charge < -0.3 is 5.73 Å². The lowest BCUT2D eigenvalue weighted by atomic mass is 10.1. The molecule has 2 heteroatoms. The quantitative estimate of drug-likeness (QED) is 0.538. The van der Waals surface area contributed by atoms with E-state index in [9.17, 15) is 0 Å². The third-order valence-corrected chi connectivity index (χ3v) is 2.42. The Hall–Kier alpha value is 0.310. The molecule has 0 saturated heterocycles. The zero-order valence-electron chi connectivity index (χ0n) is 5.17. The molecule has 1 aliphatic carbocycles. The van der Waals surface area contributed by atoms with Crippen LogP contribution in [0, 0.1) is 5.92 Å². The molecule has 1 aliphatic rings. The first kappa shape index (κ1) is 6.43. The van der Waals surface area contributed by atoms with Gasteiger partial charge in [-0.1, -0.05) is 6.92 Å². The van der Waals surface area contributed by atoms with Gasteiger partial charge in [-0.15, -0.1) is 0 Å². The van der Waals surface area contributed by atoms with Gasteiger partial charge in [0.2, 0.25) is 0 Å². The predicted octanol–water partition coefficient (Wildman–Crippen LogP) is 1.04. The fourth-order valence-electron chi connectivity index (χ4n) is 0.963. The van der Waals surface area contributed by atoms with Crippen LogP contribution < -0.4 is 5.73 Å². The summed E-state index contributed by atoms with van der Waals surface area (Å²) in [6.45, 7) is 2.13. The SMILES string of the molecule is CCC(N)C1CC1S. The molecule has 1 fully saturated rings. The van der Waals surface area contributed by atoms with Crippen LogP contribution in [-0.4, -0.2) is 11.3 Å². The maximum Gasteiger partial charge on any atom is 0.00754 e. The van der Waals surface area contributed by atoms with E-state index in [1.54, 1.807) is 0 Å². The number of thiol groups is 1. The average molecular weight is 131 g/mol. The van der Waals surface area contributed by atoms with E-state index in [-0.39, 0.29) is 0 Å². The molecule has 3 atom stereocenters. The molecule has 0 aromatic heterocycles. The first-order chi connectivity index (χ1) is 3.75. The van der Waals surface area contributed by atoms with E-state index in [2.05, 4.69) is 19.6 Å². The summed E-state index contributed by atoms with van der Waals surface area (Å²) in [4.78, 5) is 0. The van der Waals surface area contributed by atoms with E-state index < -0.39 is 0 Å². The monoisotopic (exact) mass is 131 g/mol. The average Bonchev–Trinajstić information content (AvgIpc) is 2.45. The summed E-state index contributed by atoms with van der Waals surface area (Å²) in [5.41, 5.74) is 5.72. The summed E-state index contributed by atoms with van der Waals surface area (Å²) in [5.74, 6) is 0.725. The summed E-state index contributed by atoms with van der Waals surface area (Å²) in [6, 6.07) is 0.414. The second-order valence-corrected chi connectivity index (χ2v) is 3.20. The van der Waals surface area contributed by atoms with Gasteiger partial charge in [0.05, 0.1) is 0 Å². The predicted molar refractivity (Wildman–Crippen MR) is 39.1 cm³/mol. The van der Waals surface area contributed by atoms with Gasteiger partial charge in [-0.3, -0.25) is 0 Å². The van der Waals surface area contributed by atoms with Gasteiger partial charge in [-0.2, -0.15) is 12.6 Å². The molecule has 0 aliphatic heterocycles. The summed E-state index contributed by atoms with van der Waals surface area (Å²) >= 11 is 4.29. The molecule has 0 amide bonds. The van der Waals surface area contributed by atoms with Crippen molar-refractivity contribution in [2.24, 2.45) is 11.7 Å². The van der Waals surface area contributed by atoms with Crippen LogP contribution in [0.15, 0.2) is 0 Å². The Morgan fingerprint density at radius 1 is 1.88 bits per heavy atom. The van der Waals surface area contributed by atoms with Crippen molar-refractivity contribution in [2.45, 2.75) is 31.1 Å². The number of nitrogens with two attached hydrogens (primary N) is 1. The minimum Gasteiger partial charge on any atom is -0.327 e. The smallest absolute Gasteiger partial charge is 0.00754 e. The molecule has 2 N–H and O–H groups in total. The zero-order chi connectivity index (χ0) is 6.15. The molecule has 8 heavy (non-hydrogen) atoms. The molecule has 0 bridgehead atoms. The second kappa shape index (κ2) is 2.28. The Morgan fingerprint density at radius 2 is 2.38 bits per heavy atom. The number of rotatable bonds is 2. The molecule has 0 aromatic rings. The Labute approximate surface area is 56.1 Å². The van der Waals surface area contributed by atoms with E-state index >= 15 is 0 Å². The van der Waals surface area contributed by atoms with E-state index in [1.807, 2.05) is 0 Å². The van der Waals surface area contributed by atoms with Crippen LogP contribution in [0.2, 0.25) is 0 Å². The molecule has 0 radical (unpaired) electrons. The summed E-state index contributed by atoms with van der Waals surface area (Å²) in [7, 11) is 0. The van der Waals surface area contributed by atoms with Crippen molar-refractivity contribution in [3.05, 3.63) is 0 Å². The molecule has 0 aromatic carbocycles. The summed E-state index contributed by atoms with van der Waals surface area (Å²) in [6.07, 6.45) is 2.33. The van der Waals surface area contributed by atoms with Crippen molar-refractivity contribution in [1.29, 1.82) is 0 Å². The van der Waals surface area contributed by atoms with Crippen molar-refractivity contribution in [3.63, 3.8) is 0 Å². The van der Waals surface area contributed by atoms with Gasteiger partial charge >= 0.3 is 0 Å². The Bertz CT molecular complexity index is 82.6. The highest BCUT2D eigenvalue weighted by Crippen LogP contribution is 2.38. The van der Waals surface area contributed by atoms with Crippen molar-refractivity contribution in [2.75, 3.05) is 0 Å². The van der Waals surface area contributed by atoms with Gasteiger partial charge in [-0.05, 0) is 18.8 Å². The molecule has 1 saturated carbocycles. The summed E-state index contributed by atoms with van der Waals surface area (Å²) in [5, 5.41) is 0.616. The van der Waals surface area contributed by atoms with Gasteiger partial charge in [-0.25, -0.2) is 0 Å². The number of hydrogen-bond acceptors (Lipinski definition) is 2. The standard InChI is InChI=1S/C6H13NS/c1-2-5(7)4-3-6(4)8/h4-6,8H,2-3,7H2,1H3. The largest absolute Gasteiger partial charge is 0.327 e. The minimum atomic E-state index is 0.414. The highest BCUT2D eigenvalue weighted by atomic mass is 32.1. The summed E-state index contributed by atoms with van der Waals surface area (Å²) < 4.78 is 0. The third kappa shape index (κ3) is 1.17. The highest BCUT2D eigenvalue weighted by molar-refractivity contribution is 7.81. The van der Waals surface area contributed by atoms with Crippen LogP contribution in [0.25, 0.3) is 0 Å². The van der Waals surface area contributed by atoms with Crippen LogP contribution in [0.5, 0.6) is 0 Å². The lowest BCUT2D eigenvalue weighted by molar-refractivity contribution is 0.579. The van der Waals surface area contributed by atoms with E-state index in [0.29, 0.717) is 11.3 Å². The van der Waals surface area contributed by atoms with Gasteiger partial charge in [0.25, 0.3) is 0 Å². The van der Waals surface area contributed by atoms with Gasteiger partial charge in [0.15, 0.2) is 0 Å². The van der Waals surface area contributed by atoms with Crippen LogP contribution in [0.3, 0.4) is 0 Å². The van der Waals surface area contributed by atoms with E-state index in [1.165, 1.54) is 6.42 Å². The molecule has 48 valence electrons. The van der Waals surface area contributed by atoms with Gasteiger partial charge in [0.1, 0.15) is 0 Å². The van der Waals surface area contributed by atoms with Crippen LogP contribution in [0.4, 0.5) is 0 Å². The molecule has 0 heterocycles. The molecular weight excluding hydrogens is 118 g/mol. The number of hydrogen-bond donors (Lipinski definition) is 2. The molecule has 0 spiro atoms. The maximum absolute atomic E-state index is 5.72. The van der Waals surface area contributed by atoms with Crippen LogP contribution >= 0.6 is 12.6 Å². The van der Waals surface area contributed by atoms with Crippen molar-refractivity contribution >= 4 is 12.6 Å². The minimum absolute atomic E-state index is 0.414. The Morgan fingerprint density at radius 3 is 2.50 bits per heavy atom. The van der Waals surface area contributed by atoms with Gasteiger partial charge in [0, 0.05) is 11.3 Å². The molecule has 3 unspecified atom stereocenters. The fourth-order valence-corrected chi connectivity index (χ4v) is 1.43. The molecule has 1 rings (SSSR count). The Kier molecular flexibility index (Phi) is 1.83. The van der Waals surface area contributed by atoms with Crippen LogP contribution in [0.1, 0.15) is 19.8 Å². The second-order valence-electron chi connectivity index (χ2n) is 2.54. The van der Waals surface area contributed by atoms with Crippen molar-refractivity contribution in [1.82, 2.24) is 0 Å². The van der Waals surface area contributed by atoms with Crippen molar-refractivity contribution < 1.29 is 0 Å². The Balaban J connectivity index is 2.18. The van der Waals surface area contributed by atoms with Crippen LogP contribution in [-0.2, 0) is 0 Å². The third-order valence-electron chi connectivity index (χ3n) is 1.83. The topological polar surface area (TPSA) is 26.0 Å². The lowest BCUT2D eigenvalue weighted by Crippen LogP contribution is -2.21.